The third kappa shape index (κ3) is 6.32. The molecule has 0 bridgehead atoms. The smallest absolute Gasteiger partial charge is 0.230 e. The molecule has 0 saturated heterocycles. The summed E-state index contributed by atoms with van der Waals surface area (Å²) in [6.45, 7) is 3.07. The first-order chi connectivity index (χ1) is 15.1. The molecule has 0 aliphatic carbocycles. The number of hydrogen-bond acceptors (Lipinski definition) is 6. The SMILES string of the molecule is COCC(C)NC(=O)CSc1nnc(-c2ccccc2OC)n1CCc1ccccc1. The maximum atomic E-state index is 12.3. The second-order valence-corrected chi connectivity index (χ2v) is 8.05. The van der Waals surface area contributed by atoms with Crippen molar-refractivity contribution < 1.29 is 14.3 Å². The number of thioether (sulfide) groups is 1. The summed E-state index contributed by atoms with van der Waals surface area (Å²) in [6, 6.07) is 18.0. The van der Waals surface area contributed by atoms with Gasteiger partial charge in [0, 0.05) is 19.7 Å². The minimum Gasteiger partial charge on any atom is -0.496 e. The monoisotopic (exact) mass is 440 g/mol. The number of amides is 1. The zero-order valence-electron chi connectivity index (χ0n) is 18.1. The van der Waals surface area contributed by atoms with Gasteiger partial charge in [-0.25, -0.2) is 0 Å². The van der Waals surface area contributed by atoms with Crippen LogP contribution in [0.3, 0.4) is 0 Å². The van der Waals surface area contributed by atoms with E-state index in [1.807, 2.05) is 49.4 Å². The van der Waals surface area contributed by atoms with Gasteiger partial charge in [-0.2, -0.15) is 0 Å². The zero-order valence-corrected chi connectivity index (χ0v) is 18.9. The molecule has 164 valence electrons. The highest BCUT2D eigenvalue weighted by molar-refractivity contribution is 7.99. The lowest BCUT2D eigenvalue weighted by molar-refractivity contribution is -0.119. The summed E-state index contributed by atoms with van der Waals surface area (Å²) in [7, 11) is 3.26. The van der Waals surface area contributed by atoms with E-state index in [1.54, 1.807) is 14.2 Å². The average Bonchev–Trinajstić information content (AvgIpc) is 3.19. The number of methoxy groups -OCH3 is 2. The number of aromatic nitrogens is 3. The third-order valence-electron chi connectivity index (χ3n) is 4.69. The van der Waals surface area contributed by atoms with E-state index in [1.165, 1.54) is 17.3 Å². The Hall–Kier alpha value is -2.84. The van der Waals surface area contributed by atoms with Crippen LogP contribution >= 0.6 is 11.8 Å². The first-order valence-electron chi connectivity index (χ1n) is 10.1. The Morgan fingerprint density at radius 1 is 1.10 bits per heavy atom. The third-order valence-corrected chi connectivity index (χ3v) is 5.65. The van der Waals surface area contributed by atoms with Crippen molar-refractivity contribution in [2.45, 2.75) is 31.1 Å². The molecule has 1 amide bonds. The summed E-state index contributed by atoms with van der Waals surface area (Å²) in [5.41, 5.74) is 2.10. The van der Waals surface area contributed by atoms with Gasteiger partial charge >= 0.3 is 0 Å². The fourth-order valence-corrected chi connectivity index (χ4v) is 4.03. The minimum absolute atomic E-state index is 0.0433. The Bertz CT molecular complexity index is 978. The van der Waals surface area contributed by atoms with Gasteiger partial charge in [-0.1, -0.05) is 54.2 Å². The first-order valence-corrected chi connectivity index (χ1v) is 11.1. The molecule has 3 rings (SSSR count). The second-order valence-electron chi connectivity index (χ2n) is 7.11. The van der Waals surface area contributed by atoms with Crippen LogP contribution in [-0.2, 0) is 22.5 Å². The maximum Gasteiger partial charge on any atom is 0.230 e. The van der Waals surface area contributed by atoms with Crippen LogP contribution in [0.25, 0.3) is 11.4 Å². The number of rotatable bonds is 11. The van der Waals surface area contributed by atoms with Crippen LogP contribution < -0.4 is 10.1 Å². The van der Waals surface area contributed by atoms with Crippen molar-refractivity contribution in [1.82, 2.24) is 20.1 Å². The molecule has 3 aromatic rings. The topological polar surface area (TPSA) is 78.3 Å². The normalized spacial score (nSPS) is 11.8. The molecule has 2 aromatic carbocycles. The Morgan fingerprint density at radius 2 is 1.84 bits per heavy atom. The van der Waals surface area contributed by atoms with E-state index in [4.69, 9.17) is 9.47 Å². The molecule has 1 unspecified atom stereocenters. The fourth-order valence-electron chi connectivity index (χ4n) is 3.25. The lowest BCUT2D eigenvalue weighted by Gasteiger charge is -2.14. The van der Waals surface area contributed by atoms with Crippen molar-refractivity contribution in [2.24, 2.45) is 0 Å². The molecule has 1 atom stereocenters. The van der Waals surface area contributed by atoms with E-state index in [0.29, 0.717) is 18.3 Å². The van der Waals surface area contributed by atoms with Crippen LogP contribution in [0.4, 0.5) is 0 Å². The fraction of sp³-hybridized carbons (Fsp3) is 0.348. The highest BCUT2D eigenvalue weighted by atomic mass is 32.2. The predicted octanol–water partition coefficient (Wildman–Crippen LogP) is 3.44. The number of para-hydroxylation sites is 1. The predicted molar refractivity (Wildman–Crippen MR) is 122 cm³/mol. The van der Waals surface area contributed by atoms with Crippen molar-refractivity contribution in [1.29, 1.82) is 0 Å². The number of carbonyl (C=O) groups is 1. The number of hydrogen-bond donors (Lipinski definition) is 1. The highest BCUT2D eigenvalue weighted by Crippen LogP contribution is 2.31. The van der Waals surface area contributed by atoms with Crippen molar-refractivity contribution >= 4 is 17.7 Å². The lowest BCUT2D eigenvalue weighted by Crippen LogP contribution is -2.36. The van der Waals surface area contributed by atoms with Crippen molar-refractivity contribution in [3.63, 3.8) is 0 Å². The zero-order chi connectivity index (χ0) is 22.1. The Balaban J connectivity index is 1.81. The molecule has 31 heavy (non-hydrogen) atoms. The minimum atomic E-state index is -0.0639. The van der Waals surface area contributed by atoms with Gasteiger partial charge in [-0.3, -0.25) is 4.79 Å². The van der Waals surface area contributed by atoms with Crippen LogP contribution in [0, 0.1) is 0 Å². The number of nitrogens with one attached hydrogen (secondary N) is 1. The molecule has 0 spiro atoms. The van der Waals surface area contributed by atoms with Crippen LogP contribution in [0.2, 0.25) is 0 Å². The number of nitrogens with zero attached hydrogens (tertiary/aromatic N) is 3. The molecule has 0 aliphatic rings. The number of carbonyl (C=O) groups excluding carboxylic acids is 1. The molecule has 0 fully saturated rings. The molecule has 1 heterocycles. The van der Waals surface area contributed by atoms with Gasteiger partial charge in [0.1, 0.15) is 5.75 Å². The number of benzene rings is 2. The van der Waals surface area contributed by atoms with E-state index in [2.05, 4.69) is 32.2 Å². The number of aryl methyl sites for hydroxylation is 1. The summed E-state index contributed by atoms with van der Waals surface area (Å²) in [5.74, 6) is 1.65. The van der Waals surface area contributed by atoms with Crippen LogP contribution in [0.1, 0.15) is 12.5 Å². The molecule has 7 nitrogen and oxygen atoms in total. The maximum absolute atomic E-state index is 12.3. The van der Waals surface area contributed by atoms with E-state index in [9.17, 15) is 4.79 Å². The van der Waals surface area contributed by atoms with Crippen LogP contribution in [-0.4, -0.2) is 53.3 Å². The molecule has 0 aliphatic heterocycles. The van der Waals surface area contributed by atoms with Gasteiger partial charge in [0.05, 0.1) is 25.0 Å². The Labute approximate surface area is 187 Å². The van der Waals surface area contributed by atoms with Gasteiger partial charge in [0.15, 0.2) is 11.0 Å². The molecular weight excluding hydrogens is 412 g/mol. The van der Waals surface area contributed by atoms with E-state index in [-0.39, 0.29) is 17.7 Å². The summed E-state index contributed by atoms with van der Waals surface area (Å²) < 4.78 is 12.7. The number of ether oxygens (including phenoxy) is 2. The first kappa shape index (κ1) is 22.8. The molecule has 1 N–H and O–H groups in total. The van der Waals surface area contributed by atoms with Gasteiger partial charge in [0.25, 0.3) is 0 Å². The molecule has 8 heteroatoms. The summed E-state index contributed by atoms with van der Waals surface area (Å²) in [4.78, 5) is 12.3. The van der Waals surface area contributed by atoms with Gasteiger partial charge in [-0.05, 0) is 31.0 Å². The molecule has 0 saturated carbocycles. The van der Waals surface area contributed by atoms with Gasteiger partial charge < -0.3 is 19.4 Å². The summed E-state index contributed by atoms with van der Waals surface area (Å²) in [5, 5.41) is 12.4. The van der Waals surface area contributed by atoms with E-state index >= 15 is 0 Å². The standard InChI is InChI=1S/C23H28N4O3S/c1-17(15-29-2)24-21(28)16-31-23-26-25-22(19-11-7-8-12-20(19)30-3)27(23)14-13-18-9-5-4-6-10-18/h4-12,17H,13-16H2,1-3H3,(H,24,28). The van der Waals surface area contributed by atoms with Crippen molar-refractivity contribution in [3.05, 3.63) is 60.2 Å². The van der Waals surface area contributed by atoms with Crippen LogP contribution in [0.5, 0.6) is 5.75 Å². The Morgan fingerprint density at radius 3 is 2.58 bits per heavy atom. The largest absolute Gasteiger partial charge is 0.496 e. The average molecular weight is 441 g/mol. The molecular formula is C23H28N4O3S. The van der Waals surface area contributed by atoms with Gasteiger partial charge in [-0.15, -0.1) is 10.2 Å². The van der Waals surface area contributed by atoms with E-state index in [0.717, 1.165) is 23.6 Å². The van der Waals surface area contributed by atoms with E-state index < -0.39 is 0 Å². The summed E-state index contributed by atoms with van der Waals surface area (Å²) >= 11 is 1.38. The quantitative estimate of drug-likeness (QED) is 0.460. The van der Waals surface area contributed by atoms with Crippen LogP contribution in [0.15, 0.2) is 59.8 Å². The summed E-state index contributed by atoms with van der Waals surface area (Å²) in [6.07, 6.45) is 0.825. The van der Waals surface area contributed by atoms with Crippen molar-refractivity contribution in [3.8, 4) is 17.1 Å². The molecule has 1 aromatic heterocycles. The second kappa shape index (κ2) is 11.5. The highest BCUT2D eigenvalue weighted by Gasteiger charge is 2.18. The molecule has 0 radical (unpaired) electrons. The lowest BCUT2D eigenvalue weighted by atomic mass is 10.1. The van der Waals surface area contributed by atoms with Crippen molar-refractivity contribution in [2.75, 3.05) is 26.6 Å². The van der Waals surface area contributed by atoms with Gasteiger partial charge in [0.2, 0.25) is 5.91 Å². The Kier molecular flexibility index (Phi) is 8.49.